The zero-order valence-electron chi connectivity index (χ0n) is 18.6. The largest absolute Gasteiger partial charge is 0.497 e. The molecule has 0 aliphatic carbocycles. The maximum absolute atomic E-state index is 13.3. The predicted octanol–water partition coefficient (Wildman–Crippen LogP) is 2.69. The first-order chi connectivity index (χ1) is 15.4. The van der Waals surface area contributed by atoms with Gasteiger partial charge in [0.1, 0.15) is 5.75 Å². The standard InChI is InChI=1S/C23H30N4O4S/c1-3-11-24-23(28)27-12-10-18-17-21(8-9-22(18)27)32(29,30)26-15-13-25(14-16-26)19-4-6-20(31-2)7-5-19/h4-9,17H,3,10-16H2,1-2H3,(H,24,28). The molecule has 0 unspecified atom stereocenters. The molecule has 32 heavy (non-hydrogen) atoms. The van der Waals surface area contributed by atoms with Crippen LogP contribution in [0.25, 0.3) is 0 Å². The molecule has 1 saturated heterocycles. The second kappa shape index (κ2) is 9.38. The molecule has 0 aromatic heterocycles. The van der Waals surface area contributed by atoms with E-state index < -0.39 is 10.0 Å². The number of rotatable bonds is 6. The Bertz CT molecular complexity index is 1060. The van der Waals surface area contributed by atoms with Gasteiger partial charge in [-0.3, -0.25) is 4.90 Å². The number of amides is 2. The predicted molar refractivity (Wildman–Crippen MR) is 125 cm³/mol. The zero-order chi connectivity index (χ0) is 22.7. The van der Waals surface area contributed by atoms with E-state index in [0.29, 0.717) is 50.6 Å². The van der Waals surface area contributed by atoms with Gasteiger partial charge in [0.15, 0.2) is 0 Å². The van der Waals surface area contributed by atoms with Crippen LogP contribution in [-0.4, -0.2) is 65.1 Å². The van der Waals surface area contributed by atoms with Gasteiger partial charge in [-0.25, -0.2) is 13.2 Å². The molecule has 0 spiro atoms. The van der Waals surface area contributed by atoms with E-state index >= 15 is 0 Å². The van der Waals surface area contributed by atoms with Gasteiger partial charge < -0.3 is 15.0 Å². The van der Waals surface area contributed by atoms with E-state index in [4.69, 9.17) is 4.74 Å². The highest BCUT2D eigenvalue weighted by atomic mass is 32.2. The van der Waals surface area contributed by atoms with E-state index in [-0.39, 0.29) is 6.03 Å². The first kappa shape index (κ1) is 22.4. The van der Waals surface area contributed by atoms with Gasteiger partial charge in [0, 0.05) is 50.6 Å². The second-order valence-electron chi connectivity index (χ2n) is 8.01. The average Bonchev–Trinajstić information content (AvgIpc) is 3.26. The number of hydrogen-bond donors (Lipinski definition) is 1. The summed E-state index contributed by atoms with van der Waals surface area (Å²) in [4.78, 5) is 16.5. The zero-order valence-corrected chi connectivity index (χ0v) is 19.4. The van der Waals surface area contributed by atoms with Gasteiger partial charge >= 0.3 is 6.03 Å². The van der Waals surface area contributed by atoms with E-state index in [1.54, 1.807) is 34.5 Å². The first-order valence-electron chi connectivity index (χ1n) is 11.0. The van der Waals surface area contributed by atoms with Crippen LogP contribution in [0.15, 0.2) is 47.4 Å². The molecule has 172 valence electrons. The summed E-state index contributed by atoms with van der Waals surface area (Å²) in [6, 6.07) is 12.8. The molecule has 2 aromatic rings. The van der Waals surface area contributed by atoms with Crippen molar-refractivity contribution in [2.24, 2.45) is 0 Å². The number of hydrogen-bond acceptors (Lipinski definition) is 5. The van der Waals surface area contributed by atoms with Crippen molar-refractivity contribution in [2.45, 2.75) is 24.7 Å². The summed E-state index contributed by atoms with van der Waals surface area (Å²) in [5.74, 6) is 0.799. The molecule has 0 atom stereocenters. The van der Waals surface area contributed by atoms with Crippen LogP contribution in [0.3, 0.4) is 0 Å². The van der Waals surface area contributed by atoms with Crippen molar-refractivity contribution in [3.05, 3.63) is 48.0 Å². The van der Waals surface area contributed by atoms with E-state index in [9.17, 15) is 13.2 Å². The molecule has 4 rings (SSSR count). The number of nitrogens with zero attached hydrogens (tertiary/aromatic N) is 3. The van der Waals surface area contributed by atoms with Crippen LogP contribution >= 0.6 is 0 Å². The minimum atomic E-state index is -3.58. The number of urea groups is 1. The van der Waals surface area contributed by atoms with E-state index in [2.05, 4.69) is 10.2 Å². The van der Waals surface area contributed by atoms with Gasteiger partial charge in [0.05, 0.1) is 12.0 Å². The lowest BCUT2D eigenvalue weighted by atomic mass is 10.2. The minimum Gasteiger partial charge on any atom is -0.497 e. The summed E-state index contributed by atoms with van der Waals surface area (Å²) in [5.41, 5.74) is 2.75. The summed E-state index contributed by atoms with van der Waals surface area (Å²) in [5, 5.41) is 2.88. The fourth-order valence-corrected chi connectivity index (χ4v) is 5.68. The van der Waals surface area contributed by atoms with Crippen LogP contribution in [0, 0.1) is 0 Å². The van der Waals surface area contributed by atoms with Crippen LogP contribution in [-0.2, 0) is 16.4 Å². The lowest BCUT2D eigenvalue weighted by molar-refractivity contribution is 0.247. The average molecular weight is 459 g/mol. The van der Waals surface area contributed by atoms with E-state index in [0.717, 1.165) is 29.1 Å². The molecule has 2 aliphatic rings. The van der Waals surface area contributed by atoms with Crippen LogP contribution in [0.5, 0.6) is 5.75 Å². The number of sulfonamides is 1. The smallest absolute Gasteiger partial charge is 0.321 e. The molecule has 1 fully saturated rings. The van der Waals surface area contributed by atoms with Crippen LogP contribution in [0.1, 0.15) is 18.9 Å². The molecule has 2 aliphatic heterocycles. The summed E-state index contributed by atoms with van der Waals surface area (Å²) < 4.78 is 33.3. The number of piperazine rings is 1. The molecule has 9 heteroatoms. The number of anilines is 2. The molecular formula is C23H30N4O4S. The van der Waals surface area contributed by atoms with Crippen molar-refractivity contribution < 1.29 is 17.9 Å². The fourth-order valence-electron chi connectivity index (χ4n) is 4.21. The molecule has 2 amide bonds. The highest BCUT2D eigenvalue weighted by Crippen LogP contribution is 2.31. The summed E-state index contributed by atoms with van der Waals surface area (Å²) in [7, 11) is -1.95. The molecule has 2 heterocycles. The number of fused-ring (bicyclic) bond motifs is 1. The fraction of sp³-hybridized carbons (Fsp3) is 0.435. The molecule has 1 N–H and O–H groups in total. The monoisotopic (exact) mass is 458 g/mol. The van der Waals surface area contributed by atoms with Crippen molar-refractivity contribution in [1.82, 2.24) is 9.62 Å². The summed E-state index contributed by atoms with van der Waals surface area (Å²) >= 11 is 0. The SMILES string of the molecule is CCCNC(=O)N1CCc2cc(S(=O)(=O)N3CCN(c4ccc(OC)cc4)CC3)ccc21. The summed E-state index contributed by atoms with van der Waals surface area (Å²) in [6.07, 6.45) is 1.53. The van der Waals surface area contributed by atoms with Gasteiger partial charge in [-0.2, -0.15) is 4.31 Å². The first-order valence-corrected chi connectivity index (χ1v) is 12.5. The van der Waals surface area contributed by atoms with Gasteiger partial charge in [0.25, 0.3) is 0 Å². The number of carbonyl (C=O) groups is 1. The molecule has 2 aromatic carbocycles. The van der Waals surface area contributed by atoms with Gasteiger partial charge in [0.2, 0.25) is 10.0 Å². The van der Waals surface area contributed by atoms with E-state index in [1.165, 1.54) is 0 Å². The normalized spacial score (nSPS) is 16.7. The van der Waals surface area contributed by atoms with Crippen LogP contribution in [0.4, 0.5) is 16.2 Å². The van der Waals surface area contributed by atoms with Gasteiger partial charge in [-0.15, -0.1) is 0 Å². The van der Waals surface area contributed by atoms with Gasteiger partial charge in [-0.1, -0.05) is 6.92 Å². The number of methoxy groups -OCH3 is 1. The third kappa shape index (κ3) is 4.40. The topological polar surface area (TPSA) is 82.2 Å². The Morgan fingerprint density at radius 3 is 2.41 bits per heavy atom. The number of ether oxygens (including phenoxy) is 1. The molecule has 8 nitrogen and oxygen atoms in total. The second-order valence-corrected chi connectivity index (χ2v) is 9.95. The third-order valence-corrected chi connectivity index (χ3v) is 7.93. The van der Waals surface area contributed by atoms with Crippen molar-refractivity contribution in [1.29, 1.82) is 0 Å². The maximum atomic E-state index is 13.3. The Kier molecular flexibility index (Phi) is 6.57. The Hall–Kier alpha value is -2.78. The maximum Gasteiger partial charge on any atom is 0.321 e. The lowest BCUT2D eigenvalue weighted by Crippen LogP contribution is -2.48. The Morgan fingerprint density at radius 1 is 1.03 bits per heavy atom. The van der Waals surface area contributed by atoms with Crippen molar-refractivity contribution in [2.75, 3.05) is 56.2 Å². The van der Waals surface area contributed by atoms with E-state index in [1.807, 2.05) is 31.2 Å². The molecular weight excluding hydrogens is 428 g/mol. The Labute approximate surface area is 189 Å². The highest BCUT2D eigenvalue weighted by molar-refractivity contribution is 7.89. The lowest BCUT2D eigenvalue weighted by Gasteiger charge is -2.35. The quantitative estimate of drug-likeness (QED) is 0.720. The highest BCUT2D eigenvalue weighted by Gasteiger charge is 2.31. The Morgan fingerprint density at radius 2 is 1.75 bits per heavy atom. The molecule has 0 bridgehead atoms. The Balaban J connectivity index is 1.43. The summed E-state index contributed by atoms with van der Waals surface area (Å²) in [6.45, 7) is 5.30. The number of carbonyl (C=O) groups excluding carboxylic acids is 1. The van der Waals surface area contributed by atoms with Gasteiger partial charge in [-0.05, 0) is 60.9 Å². The molecule has 0 radical (unpaired) electrons. The number of nitrogens with one attached hydrogen (secondary N) is 1. The van der Waals surface area contributed by atoms with Crippen molar-refractivity contribution in [3.63, 3.8) is 0 Å². The van der Waals surface area contributed by atoms with Crippen LogP contribution in [0.2, 0.25) is 0 Å². The van der Waals surface area contributed by atoms with Crippen molar-refractivity contribution >= 4 is 27.4 Å². The minimum absolute atomic E-state index is 0.129. The molecule has 0 saturated carbocycles. The number of benzene rings is 2. The third-order valence-electron chi connectivity index (χ3n) is 6.03. The van der Waals surface area contributed by atoms with Crippen LogP contribution < -0.4 is 19.9 Å². The van der Waals surface area contributed by atoms with Crippen molar-refractivity contribution in [3.8, 4) is 5.75 Å².